The smallest absolute Gasteiger partial charge is 0.235 e. The Kier molecular flexibility index (Phi) is 4.26. The second kappa shape index (κ2) is 7.85. The maximum atomic E-state index is 4.30. The Labute approximate surface area is 228 Å². The minimum atomic E-state index is 0.116. The molecule has 39 heavy (non-hydrogen) atoms. The first-order chi connectivity index (χ1) is 19.3. The average molecular weight is 517 g/mol. The van der Waals surface area contributed by atoms with Crippen LogP contribution in [0.2, 0.25) is 0 Å². The second-order valence-electron chi connectivity index (χ2n) is 10.2. The van der Waals surface area contributed by atoms with Gasteiger partial charge in [0, 0.05) is 67.6 Å². The summed E-state index contributed by atoms with van der Waals surface area (Å²) in [6.45, 7) is 0. The van der Waals surface area contributed by atoms with Gasteiger partial charge in [0.2, 0.25) is 17.1 Å². The molecule has 3 aromatic heterocycles. The van der Waals surface area contributed by atoms with Crippen LogP contribution in [0.4, 0.5) is 11.4 Å². The fourth-order valence-electron chi connectivity index (χ4n) is 6.48. The Morgan fingerprint density at radius 3 is 2.51 bits per heavy atom. The zero-order valence-electron chi connectivity index (χ0n) is 21.0. The molecule has 1 aliphatic heterocycles. The highest BCUT2D eigenvalue weighted by molar-refractivity contribution is 7.25. The van der Waals surface area contributed by atoms with Gasteiger partial charge in [0.05, 0.1) is 5.52 Å². The summed E-state index contributed by atoms with van der Waals surface area (Å²) in [5.74, 6) is 0. The molecule has 3 nitrogen and oxygen atoms in total. The van der Waals surface area contributed by atoms with E-state index in [1.807, 2.05) is 29.8 Å². The maximum Gasteiger partial charge on any atom is 0.235 e. The van der Waals surface area contributed by atoms with E-state index in [2.05, 4.69) is 123 Å². The van der Waals surface area contributed by atoms with Crippen molar-refractivity contribution in [1.29, 1.82) is 0 Å². The standard InChI is InChI=1S/C35H22N3S/c1-4-13-33-25(8-1)28-19-32-27(20-34(28)39-33)26-9-5-12-31-35(26)38(32)30-11-3-2-10-29(30)37(31)24-16-14-22(15-17-24)23-7-6-18-36-21-23/h1-21,30H/q+1. The molecule has 0 radical (unpaired) electrons. The van der Waals surface area contributed by atoms with Crippen molar-refractivity contribution in [1.82, 2.24) is 14.1 Å². The Bertz CT molecular complexity index is 2210. The topological polar surface area (TPSA) is 20.8 Å². The fourth-order valence-corrected chi connectivity index (χ4v) is 7.60. The second-order valence-corrected chi connectivity index (χ2v) is 11.3. The van der Waals surface area contributed by atoms with Crippen LogP contribution in [-0.4, -0.2) is 15.3 Å². The predicted molar refractivity (Wildman–Crippen MR) is 166 cm³/mol. The summed E-state index contributed by atoms with van der Waals surface area (Å²) >= 11 is 1.89. The number of para-hydroxylation sites is 1. The SMILES string of the molecule is C1=CC2=[N+](c3ccc(-c4cccnc4)cc3)c3cccc4c5cc6sc7ccccc7c6cc5n(c34)C2C=C1. The number of thiophene rings is 1. The van der Waals surface area contributed by atoms with E-state index in [-0.39, 0.29) is 6.04 Å². The first-order valence-electron chi connectivity index (χ1n) is 13.3. The molecule has 4 aromatic carbocycles. The number of fused-ring (bicyclic) bond motifs is 8. The minimum Gasteiger partial charge on any atom is -0.318 e. The van der Waals surface area contributed by atoms with Gasteiger partial charge in [-0.1, -0.05) is 54.6 Å². The third-order valence-electron chi connectivity index (χ3n) is 8.17. The maximum absolute atomic E-state index is 4.30. The highest BCUT2D eigenvalue weighted by Gasteiger charge is 2.37. The number of aromatic nitrogens is 2. The molecule has 2 aliphatic rings. The molecule has 0 amide bonds. The molecule has 4 heteroatoms. The van der Waals surface area contributed by atoms with E-state index in [9.17, 15) is 0 Å². The Hall–Kier alpha value is -4.80. The average Bonchev–Trinajstić information content (AvgIpc) is 3.53. The van der Waals surface area contributed by atoms with E-state index < -0.39 is 0 Å². The number of hydrogen-bond donors (Lipinski definition) is 0. The van der Waals surface area contributed by atoms with Crippen molar-refractivity contribution in [3.63, 3.8) is 0 Å². The fraction of sp³-hybridized carbons (Fsp3) is 0.0286. The summed E-state index contributed by atoms with van der Waals surface area (Å²) in [4.78, 5) is 4.30. The zero-order chi connectivity index (χ0) is 25.5. The summed E-state index contributed by atoms with van der Waals surface area (Å²) in [6, 6.07) is 33.4. The van der Waals surface area contributed by atoms with Gasteiger partial charge in [0.1, 0.15) is 11.6 Å². The van der Waals surface area contributed by atoms with Crippen molar-refractivity contribution in [2.45, 2.75) is 6.04 Å². The highest BCUT2D eigenvalue weighted by atomic mass is 32.1. The first kappa shape index (κ1) is 21.2. The molecule has 1 aliphatic carbocycles. The predicted octanol–water partition coefficient (Wildman–Crippen LogP) is 9.18. The first-order valence-corrected chi connectivity index (χ1v) is 14.1. The number of pyridine rings is 1. The number of allylic oxidation sites excluding steroid dienone is 4. The summed E-state index contributed by atoms with van der Waals surface area (Å²) in [5, 5.41) is 5.31. The molecule has 1 atom stereocenters. The normalized spacial score (nSPS) is 16.2. The van der Waals surface area contributed by atoms with Gasteiger partial charge in [-0.2, -0.15) is 4.58 Å². The molecule has 0 saturated carbocycles. The summed E-state index contributed by atoms with van der Waals surface area (Å²) in [6.07, 6.45) is 12.7. The summed E-state index contributed by atoms with van der Waals surface area (Å²) in [7, 11) is 0. The minimum absolute atomic E-state index is 0.116. The van der Waals surface area contributed by atoms with Crippen LogP contribution in [0.25, 0.3) is 53.1 Å². The van der Waals surface area contributed by atoms with E-state index in [1.54, 1.807) is 0 Å². The number of rotatable bonds is 2. The van der Waals surface area contributed by atoms with Crippen LogP contribution >= 0.6 is 11.3 Å². The van der Waals surface area contributed by atoms with Gasteiger partial charge in [-0.3, -0.25) is 4.98 Å². The lowest BCUT2D eigenvalue weighted by Crippen LogP contribution is -2.30. The lowest BCUT2D eigenvalue weighted by Gasteiger charge is -2.24. The van der Waals surface area contributed by atoms with Crippen LogP contribution in [0.1, 0.15) is 6.04 Å². The zero-order valence-corrected chi connectivity index (χ0v) is 21.8. The van der Waals surface area contributed by atoms with E-state index >= 15 is 0 Å². The van der Waals surface area contributed by atoms with Crippen molar-refractivity contribution in [2.75, 3.05) is 0 Å². The quantitative estimate of drug-likeness (QED) is 0.210. The van der Waals surface area contributed by atoms with Crippen molar-refractivity contribution in [3.05, 3.63) is 128 Å². The molecule has 0 spiro atoms. The molecule has 182 valence electrons. The molecule has 4 heterocycles. The van der Waals surface area contributed by atoms with Gasteiger partial charge < -0.3 is 4.57 Å². The van der Waals surface area contributed by atoms with Crippen LogP contribution in [0.5, 0.6) is 0 Å². The van der Waals surface area contributed by atoms with Crippen molar-refractivity contribution >= 4 is 70.4 Å². The van der Waals surface area contributed by atoms with Crippen molar-refractivity contribution in [3.8, 4) is 11.1 Å². The third-order valence-corrected chi connectivity index (χ3v) is 9.31. The van der Waals surface area contributed by atoms with Gasteiger partial charge in [0.15, 0.2) is 0 Å². The molecule has 0 N–H and O–H groups in total. The van der Waals surface area contributed by atoms with Crippen LogP contribution in [0.15, 0.2) is 128 Å². The third kappa shape index (κ3) is 2.92. The van der Waals surface area contributed by atoms with Gasteiger partial charge >= 0.3 is 0 Å². The Balaban J connectivity index is 1.33. The van der Waals surface area contributed by atoms with E-state index in [0.717, 1.165) is 5.56 Å². The largest absolute Gasteiger partial charge is 0.318 e. The van der Waals surface area contributed by atoms with Crippen LogP contribution in [-0.2, 0) is 0 Å². The van der Waals surface area contributed by atoms with Gasteiger partial charge in [-0.15, -0.1) is 11.3 Å². The number of hydrogen-bond acceptors (Lipinski definition) is 2. The molecule has 0 fully saturated rings. The van der Waals surface area contributed by atoms with Crippen LogP contribution in [0, 0.1) is 0 Å². The molecule has 0 bridgehead atoms. The van der Waals surface area contributed by atoms with Gasteiger partial charge in [-0.05, 0) is 47.5 Å². The summed E-state index contributed by atoms with van der Waals surface area (Å²) < 4.78 is 7.69. The molecular weight excluding hydrogens is 494 g/mol. The van der Waals surface area contributed by atoms with E-state index in [0.29, 0.717) is 0 Å². The number of nitrogens with zero attached hydrogens (tertiary/aromatic N) is 3. The molecule has 0 saturated heterocycles. The molecule has 9 rings (SSSR count). The molecule has 7 aromatic rings. The number of benzene rings is 4. The van der Waals surface area contributed by atoms with E-state index in [1.165, 1.54) is 64.6 Å². The van der Waals surface area contributed by atoms with Crippen LogP contribution < -0.4 is 4.58 Å². The lowest BCUT2D eigenvalue weighted by atomic mass is 10.0. The Morgan fingerprint density at radius 1 is 0.718 bits per heavy atom. The monoisotopic (exact) mass is 516 g/mol. The van der Waals surface area contributed by atoms with Crippen molar-refractivity contribution < 1.29 is 0 Å². The van der Waals surface area contributed by atoms with Crippen molar-refractivity contribution in [2.24, 2.45) is 0 Å². The van der Waals surface area contributed by atoms with Crippen LogP contribution in [0.3, 0.4) is 0 Å². The highest BCUT2D eigenvalue weighted by Crippen LogP contribution is 2.46. The lowest BCUT2D eigenvalue weighted by molar-refractivity contribution is 0.781. The molecular formula is C35H22N3S+. The van der Waals surface area contributed by atoms with E-state index in [4.69, 9.17) is 0 Å². The summed E-state index contributed by atoms with van der Waals surface area (Å²) in [5.41, 5.74) is 8.53. The van der Waals surface area contributed by atoms with Gasteiger partial charge in [-0.25, -0.2) is 0 Å². The van der Waals surface area contributed by atoms with Gasteiger partial charge in [0.25, 0.3) is 0 Å². The molecule has 1 unspecified atom stereocenters. The Morgan fingerprint density at radius 2 is 1.62 bits per heavy atom.